The Morgan fingerprint density at radius 3 is 2.60 bits per heavy atom. The molecule has 0 radical (unpaired) electrons. The fourth-order valence-electron chi connectivity index (χ4n) is 3.54. The summed E-state index contributed by atoms with van der Waals surface area (Å²) in [6, 6.07) is 14.6. The Balaban J connectivity index is 1.39. The smallest absolute Gasteiger partial charge is 0.168 e. The van der Waals surface area contributed by atoms with Crippen LogP contribution in [0.4, 0.5) is 0 Å². The molecule has 1 fully saturated rings. The third-order valence-electron chi connectivity index (χ3n) is 4.96. The highest BCUT2D eigenvalue weighted by molar-refractivity contribution is 9.11. The molecule has 0 amide bonds. The van der Waals surface area contributed by atoms with Gasteiger partial charge in [-0.05, 0) is 62.9 Å². The first-order chi connectivity index (χ1) is 12.2. The van der Waals surface area contributed by atoms with Crippen LogP contribution in [0, 0.1) is 0 Å². The van der Waals surface area contributed by atoms with Gasteiger partial charge in [-0.15, -0.1) is 0 Å². The number of rotatable bonds is 2. The summed E-state index contributed by atoms with van der Waals surface area (Å²) in [5.41, 5.74) is 4.25. The maximum atomic E-state index is 4.84. The maximum absolute atomic E-state index is 4.84. The molecule has 0 unspecified atom stereocenters. The Hall–Kier alpha value is -1.79. The average molecular weight is 458 g/mol. The second kappa shape index (κ2) is 5.88. The average Bonchev–Trinajstić information content (AvgIpc) is 2.97. The minimum atomic E-state index is 0.477. The van der Waals surface area contributed by atoms with Crippen LogP contribution in [0.3, 0.4) is 0 Å². The van der Waals surface area contributed by atoms with Gasteiger partial charge in [0.15, 0.2) is 5.65 Å². The quantitative estimate of drug-likeness (QED) is 0.401. The number of aromatic nitrogens is 4. The van der Waals surface area contributed by atoms with E-state index in [9.17, 15) is 0 Å². The molecular weight excluding hydrogens is 444 g/mol. The van der Waals surface area contributed by atoms with E-state index in [4.69, 9.17) is 9.97 Å². The first kappa shape index (κ1) is 15.5. The molecule has 0 saturated heterocycles. The predicted octanol–water partition coefficient (Wildman–Crippen LogP) is 5.46. The van der Waals surface area contributed by atoms with Crippen LogP contribution in [-0.2, 0) is 0 Å². The number of para-hydroxylation sites is 1. The number of nitrogens with zero attached hydrogens (tertiary/aromatic N) is 4. The molecule has 4 aromatic rings. The summed E-state index contributed by atoms with van der Waals surface area (Å²) < 4.78 is 3.58. The van der Waals surface area contributed by atoms with Gasteiger partial charge in [-0.25, -0.2) is 9.50 Å². The molecule has 0 N–H and O–H groups in total. The lowest BCUT2D eigenvalue weighted by molar-refractivity contribution is 0.340. The number of hydrogen-bond acceptors (Lipinski definition) is 3. The van der Waals surface area contributed by atoms with Crippen LogP contribution in [0.15, 0.2) is 57.7 Å². The van der Waals surface area contributed by atoms with E-state index in [0.29, 0.717) is 11.8 Å². The summed E-state index contributed by atoms with van der Waals surface area (Å²) in [7, 11) is 0. The number of imidazole rings is 1. The van der Waals surface area contributed by atoms with Crippen LogP contribution >= 0.6 is 31.9 Å². The summed E-state index contributed by atoms with van der Waals surface area (Å²) >= 11 is 6.98. The number of benzene rings is 1. The molecule has 1 aliphatic rings. The number of hydrogen-bond donors (Lipinski definition) is 0. The highest BCUT2D eigenvalue weighted by Crippen LogP contribution is 2.47. The molecule has 1 aromatic carbocycles. The van der Waals surface area contributed by atoms with E-state index in [2.05, 4.69) is 67.3 Å². The molecule has 0 spiro atoms. The zero-order chi connectivity index (χ0) is 17.0. The first-order valence-corrected chi connectivity index (χ1v) is 9.83. The third-order valence-corrected chi connectivity index (χ3v) is 5.93. The standard InChI is InChI=1S/C19H14Br2N4/c20-14-9-18(21)24-25-10-17(23-19(14)25)13-7-12(8-13)16-6-5-11-3-1-2-4-15(11)22-16/h1-6,9-10,12-13H,7-8H2/t12-,13-. The van der Waals surface area contributed by atoms with E-state index in [-0.39, 0.29) is 0 Å². The number of fused-ring (bicyclic) bond motifs is 2. The lowest BCUT2D eigenvalue weighted by Gasteiger charge is -2.33. The Labute approximate surface area is 161 Å². The molecule has 3 aromatic heterocycles. The van der Waals surface area contributed by atoms with Crippen molar-refractivity contribution in [1.82, 2.24) is 19.6 Å². The van der Waals surface area contributed by atoms with Gasteiger partial charge < -0.3 is 0 Å². The van der Waals surface area contributed by atoms with Gasteiger partial charge in [-0.1, -0.05) is 24.3 Å². The fourth-order valence-corrected chi connectivity index (χ4v) is 4.73. The maximum Gasteiger partial charge on any atom is 0.168 e. The molecule has 1 aliphatic carbocycles. The Kier molecular flexibility index (Phi) is 3.64. The molecule has 25 heavy (non-hydrogen) atoms. The Morgan fingerprint density at radius 2 is 1.72 bits per heavy atom. The molecule has 1 saturated carbocycles. The van der Waals surface area contributed by atoms with Gasteiger partial charge >= 0.3 is 0 Å². The van der Waals surface area contributed by atoms with Gasteiger partial charge in [0.1, 0.15) is 4.60 Å². The summed E-state index contributed by atoms with van der Waals surface area (Å²) in [5.74, 6) is 0.994. The third kappa shape index (κ3) is 2.68. The van der Waals surface area contributed by atoms with Crippen LogP contribution in [0.25, 0.3) is 16.6 Å². The van der Waals surface area contributed by atoms with Gasteiger partial charge in [0.25, 0.3) is 0 Å². The van der Waals surface area contributed by atoms with Gasteiger partial charge in [0.05, 0.1) is 21.9 Å². The predicted molar refractivity (Wildman–Crippen MR) is 105 cm³/mol. The van der Waals surface area contributed by atoms with Crippen LogP contribution < -0.4 is 0 Å². The topological polar surface area (TPSA) is 43.1 Å². The number of pyridine rings is 1. The number of halogens is 2. The van der Waals surface area contributed by atoms with Gasteiger partial charge in [-0.2, -0.15) is 5.10 Å². The SMILES string of the molecule is Brc1cc(Br)c2nc([C@H]3C[C@H](c4ccc5ccccc5n4)C3)cn2n1. The summed E-state index contributed by atoms with van der Waals surface area (Å²) in [4.78, 5) is 9.61. The van der Waals surface area contributed by atoms with E-state index in [0.717, 1.165) is 38.8 Å². The Morgan fingerprint density at radius 1 is 0.920 bits per heavy atom. The molecule has 124 valence electrons. The molecule has 0 atom stereocenters. The van der Waals surface area contributed by atoms with Crippen LogP contribution in [0.5, 0.6) is 0 Å². The summed E-state index contributed by atoms with van der Waals surface area (Å²) in [6.45, 7) is 0. The van der Waals surface area contributed by atoms with Crippen LogP contribution in [-0.4, -0.2) is 19.6 Å². The van der Waals surface area contributed by atoms with Crippen molar-refractivity contribution in [3.63, 3.8) is 0 Å². The van der Waals surface area contributed by atoms with Crippen molar-refractivity contribution in [3.05, 3.63) is 69.1 Å². The van der Waals surface area contributed by atoms with E-state index < -0.39 is 0 Å². The molecular formula is C19H14Br2N4. The molecule has 4 nitrogen and oxygen atoms in total. The van der Waals surface area contributed by atoms with Crippen molar-refractivity contribution in [1.29, 1.82) is 0 Å². The van der Waals surface area contributed by atoms with Crippen LogP contribution in [0.1, 0.15) is 36.1 Å². The lowest BCUT2D eigenvalue weighted by atomic mass is 9.71. The van der Waals surface area contributed by atoms with Gasteiger partial charge in [0.2, 0.25) is 0 Å². The van der Waals surface area contributed by atoms with E-state index >= 15 is 0 Å². The summed E-state index contributed by atoms with van der Waals surface area (Å²) in [5, 5.41) is 5.64. The molecule has 5 rings (SSSR count). The highest BCUT2D eigenvalue weighted by Gasteiger charge is 2.34. The fraction of sp³-hybridized carbons (Fsp3) is 0.211. The highest BCUT2D eigenvalue weighted by atomic mass is 79.9. The van der Waals surface area contributed by atoms with Crippen molar-refractivity contribution < 1.29 is 0 Å². The molecule has 3 heterocycles. The van der Waals surface area contributed by atoms with Gasteiger partial charge in [-0.3, -0.25) is 4.98 Å². The first-order valence-electron chi connectivity index (χ1n) is 8.24. The second-order valence-corrected chi connectivity index (χ2v) is 8.21. The second-order valence-electron chi connectivity index (χ2n) is 6.54. The van der Waals surface area contributed by atoms with E-state index in [1.54, 1.807) is 0 Å². The largest absolute Gasteiger partial charge is 0.253 e. The minimum absolute atomic E-state index is 0.477. The lowest BCUT2D eigenvalue weighted by Crippen LogP contribution is -2.21. The van der Waals surface area contributed by atoms with Crippen LogP contribution in [0.2, 0.25) is 0 Å². The molecule has 0 bridgehead atoms. The van der Waals surface area contributed by atoms with E-state index in [1.807, 2.05) is 22.8 Å². The van der Waals surface area contributed by atoms with Gasteiger partial charge in [0, 0.05) is 22.9 Å². The molecule has 0 aliphatic heterocycles. The minimum Gasteiger partial charge on any atom is -0.253 e. The van der Waals surface area contributed by atoms with Crippen molar-refractivity contribution in [2.75, 3.05) is 0 Å². The zero-order valence-electron chi connectivity index (χ0n) is 13.2. The normalized spacial score (nSPS) is 20.1. The summed E-state index contributed by atoms with van der Waals surface area (Å²) in [6.07, 6.45) is 4.22. The monoisotopic (exact) mass is 456 g/mol. The van der Waals surface area contributed by atoms with Crippen molar-refractivity contribution >= 4 is 48.4 Å². The Bertz CT molecular complexity index is 1100. The molecule has 6 heteroatoms. The van der Waals surface area contributed by atoms with Crippen molar-refractivity contribution in [2.45, 2.75) is 24.7 Å². The van der Waals surface area contributed by atoms with E-state index in [1.165, 1.54) is 11.1 Å². The van der Waals surface area contributed by atoms with Crippen molar-refractivity contribution in [3.8, 4) is 0 Å². The van der Waals surface area contributed by atoms with Crippen molar-refractivity contribution in [2.24, 2.45) is 0 Å². The zero-order valence-corrected chi connectivity index (χ0v) is 16.4.